The SMILES string of the molecule is CCC(C)CC(O)C(CC)(CC)N(CC)CC. The molecule has 2 unspecified atom stereocenters. The van der Waals surface area contributed by atoms with Crippen LogP contribution in [0, 0.1) is 5.92 Å². The summed E-state index contributed by atoms with van der Waals surface area (Å²) in [6.07, 6.45) is 3.94. The quantitative estimate of drug-likeness (QED) is 0.667. The Bertz CT molecular complexity index is 185. The van der Waals surface area contributed by atoms with Crippen LogP contribution in [0.25, 0.3) is 0 Å². The summed E-state index contributed by atoms with van der Waals surface area (Å²) in [6, 6.07) is 0. The molecule has 2 nitrogen and oxygen atoms in total. The van der Waals surface area contributed by atoms with Gasteiger partial charge in [-0.3, -0.25) is 4.90 Å². The van der Waals surface area contributed by atoms with Crippen LogP contribution in [0.3, 0.4) is 0 Å². The molecule has 0 amide bonds. The first kappa shape index (κ1) is 16.9. The molecular formula is C15H33NO. The molecule has 0 aromatic carbocycles. The predicted octanol–water partition coefficient (Wildman–Crippen LogP) is 3.68. The maximum atomic E-state index is 10.7. The molecule has 0 radical (unpaired) electrons. The third-order valence-electron chi connectivity index (χ3n) is 4.56. The Kier molecular flexibility index (Phi) is 8.06. The molecule has 104 valence electrons. The molecule has 0 aromatic heterocycles. The maximum Gasteiger partial charge on any atom is 0.0726 e. The van der Waals surface area contributed by atoms with Gasteiger partial charge in [0, 0.05) is 5.54 Å². The van der Waals surface area contributed by atoms with E-state index in [0.717, 1.165) is 38.8 Å². The van der Waals surface area contributed by atoms with E-state index in [2.05, 4.69) is 46.4 Å². The lowest BCUT2D eigenvalue weighted by atomic mass is 9.80. The van der Waals surface area contributed by atoms with E-state index in [-0.39, 0.29) is 11.6 Å². The Hall–Kier alpha value is -0.0800. The molecule has 0 rings (SSSR count). The van der Waals surface area contributed by atoms with Crippen molar-refractivity contribution in [3.63, 3.8) is 0 Å². The van der Waals surface area contributed by atoms with Gasteiger partial charge in [0.05, 0.1) is 6.10 Å². The molecule has 0 saturated carbocycles. The standard InChI is InChI=1S/C15H33NO/c1-7-13(6)12-14(17)15(8-2,9-3)16(10-4)11-5/h13-14,17H,7-12H2,1-6H3. The molecule has 0 fully saturated rings. The van der Waals surface area contributed by atoms with E-state index in [1.165, 1.54) is 0 Å². The number of likely N-dealkylation sites (N-methyl/N-ethyl adjacent to an activating group) is 1. The summed E-state index contributed by atoms with van der Waals surface area (Å²) >= 11 is 0. The molecule has 0 spiro atoms. The van der Waals surface area contributed by atoms with Gasteiger partial charge in [0.2, 0.25) is 0 Å². The summed E-state index contributed by atoms with van der Waals surface area (Å²) in [5.74, 6) is 0.609. The van der Waals surface area contributed by atoms with E-state index in [9.17, 15) is 5.11 Å². The van der Waals surface area contributed by atoms with Crippen LogP contribution in [-0.4, -0.2) is 34.7 Å². The van der Waals surface area contributed by atoms with Gasteiger partial charge >= 0.3 is 0 Å². The summed E-state index contributed by atoms with van der Waals surface area (Å²) in [6.45, 7) is 15.3. The highest BCUT2D eigenvalue weighted by molar-refractivity contribution is 4.94. The first-order valence-corrected chi connectivity index (χ1v) is 7.45. The maximum absolute atomic E-state index is 10.7. The minimum atomic E-state index is -0.202. The van der Waals surface area contributed by atoms with Crippen molar-refractivity contribution in [2.24, 2.45) is 5.92 Å². The van der Waals surface area contributed by atoms with Crippen LogP contribution in [0.2, 0.25) is 0 Å². The van der Waals surface area contributed by atoms with Gasteiger partial charge in [0.1, 0.15) is 0 Å². The van der Waals surface area contributed by atoms with E-state index < -0.39 is 0 Å². The van der Waals surface area contributed by atoms with E-state index in [1.807, 2.05) is 0 Å². The van der Waals surface area contributed by atoms with Crippen molar-refractivity contribution in [2.45, 2.75) is 78.9 Å². The fraction of sp³-hybridized carbons (Fsp3) is 1.00. The Morgan fingerprint density at radius 2 is 1.47 bits per heavy atom. The molecule has 17 heavy (non-hydrogen) atoms. The lowest BCUT2D eigenvalue weighted by molar-refractivity contribution is -0.0448. The summed E-state index contributed by atoms with van der Waals surface area (Å²) in [4.78, 5) is 2.44. The molecule has 0 heterocycles. The third-order valence-corrected chi connectivity index (χ3v) is 4.56. The van der Waals surface area contributed by atoms with Crippen molar-refractivity contribution >= 4 is 0 Å². The molecule has 0 aromatic rings. The molecule has 2 atom stereocenters. The molecule has 0 aliphatic rings. The molecule has 1 N–H and O–H groups in total. The summed E-state index contributed by atoms with van der Waals surface area (Å²) in [5, 5.41) is 10.7. The van der Waals surface area contributed by atoms with Crippen LogP contribution >= 0.6 is 0 Å². The highest BCUT2D eigenvalue weighted by Gasteiger charge is 2.39. The third kappa shape index (κ3) is 3.96. The zero-order valence-electron chi connectivity index (χ0n) is 12.8. The van der Waals surface area contributed by atoms with Crippen molar-refractivity contribution in [2.75, 3.05) is 13.1 Å². The monoisotopic (exact) mass is 243 g/mol. The minimum Gasteiger partial charge on any atom is -0.391 e. The van der Waals surface area contributed by atoms with Crippen molar-refractivity contribution in [3.8, 4) is 0 Å². The Labute approximate surface area is 108 Å². The second kappa shape index (κ2) is 8.10. The topological polar surface area (TPSA) is 23.5 Å². The van der Waals surface area contributed by atoms with Crippen LogP contribution < -0.4 is 0 Å². The van der Waals surface area contributed by atoms with Gasteiger partial charge in [-0.1, -0.05) is 48.0 Å². The first-order valence-electron chi connectivity index (χ1n) is 7.45. The molecule has 0 bridgehead atoms. The van der Waals surface area contributed by atoms with Crippen LogP contribution in [0.15, 0.2) is 0 Å². The van der Waals surface area contributed by atoms with Crippen LogP contribution in [0.1, 0.15) is 67.2 Å². The average molecular weight is 243 g/mol. The summed E-state index contributed by atoms with van der Waals surface area (Å²) < 4.78 is 0. The second-order valence-corrected chi connectivity index (χ2v) is 5.25. The minimum absolute atomic E-state index is 0.0209. The van der Waals surface area contributed by atoms with Gasteiger partial charge in [0.25, 0.3) is 0 Å². The second-order valence-electron chi connectivity index (χ2n) is 5.25. The van der Waals surface area contributed by atoms with Gasteiger partial charge in [-0.2, -0.15) is 0 Å². The van der Waals surface area contributed by atoms with E-state index >= 15 is 0 Å². The lowest BCUT2D eigenvalue weighted by Gasteiger charge is -2.46. The first-order chi connectivity index (χ1) is 8.02. The van der Waals surface area contributed by atoms with Crippen molar-refractivity contribution in [1.82, 2.24) is 4.90 Å². The Balaban J connectivity index is 4.90. The number of aliphatic hydroxyl groups is 1. The smallest absolute Gasteiger partial charge is 0.0726 e. The van der Waals surface area contributed by atoms with Gasteiger partial charge in [-0.15, -0.1) is 0 Å². The van der Waals surface area contributed by atoms with Gasteiger partial charge in [-0.25, -0.2) is 0 Å². The van der Waals surface area contributed by atoms with E-state index in [4.69, 9.17) is 0 Å². The lowest BCUT2D eigenvalue weighted by Crippen LogP contribution is -2.56. The number of rotatable bonds is 9. The van der Waals surface area contributed by atoms with Gasteiger partial charge in [0.15, 0.2) is 0 Å². The van der Waals surface area contributed by atoms with Crippen LogP contribution in [0.4, 0.5) is 0 Å². The average Bonchev–Trinajstić information content (AvgIpc) is 2.35. The summed E-state index contributed by atoms with van der Waals surface area (Å²) in [7, 11) is 0. The predicted molar refractivity (Wildman–Crippen MR) is 76.3 cm³/mol. The molecular weight excluding hydrogens is 210 g/mol. The Morgan fingerprint density at radius 3 is 1.76 bits per heavy atom. The number of nitrogens with zero attached hydrogens (tertiary/aromatic N) is 1. The van der Waals surface area contributed by atoms with Crippen molar-refractivity contribution in [1.29, 1.82) is 0 Å². The van der Waals surface area contributed by atoms with Crippen LogP contribution in [0.5, 0.6) is 0 Å². The molecule has 0 saturated heterocycles. The zero-order chi connectivity index (χ0) is 13.5. The van der Waals surface area contributed by atoms with Crippen molar-refractivity contribution in [3.05, 3.63) is 0 Å². The fourth-order valence-electron chi connectivity index (χ4n) is 3.00. The number of aliphatic hydroxyl groups excluding tert-OH is 1. The summed E-state index contributed by atoms with van der Waals surface area (Å²) in [5.41, 5.74) is -0.0209. The molecule has 2 heteroatoms. The van der Waals surface area contributed by atoms with E-state index in [1.54, 1.807) is 0 Å². The van der Waals surface area contributed by atoms with Gasteiger partial charge < -0.3 is 5.11 Å². The highest BCUT2D eigenvalue weighted by Crippen LogP contribution is 2.31. The highest BCUT2D eigenvalue weighted by atomic mass is 16.3. The Morgan fingerprint density at radius 1 is 1.00 bits per heavy atom. The molecule has 0 aliphatic carbocycles. The largest absolute Gasteiger partial charge is 0.391 e. The van der Waals surface area contributed by atoms with Crippen LogP contribution in [-0.2, 0) is 0 Å². The zero-order valence-corrected chi connectivity index (χ0v) is 12.8. The number of hydrogen-bond acceptors (Lipinski definition) is 2. The van der Waals surface area contributed by atoms with Crippen molar-refractivity contribution < 1.29 is 5.11 Å². The molecule has 0 aliphatic heterocycles. The number of hydrogen-bond donors (Lipinski definition) is 1. The fourth-order valence-corrected chi connectivity index (χ4v) is 3.00. The van der Waals surface area contributed by atoms with Gasteiger partial charge in [-0.05, 0) is 38.3 Å². The van der Waals surface area contributed by atoms with E-state index in [0.29, 0.717) is 5.92 Å². The normalized spacial score (nSPS) is 16.2.